The van der Waals surface area contributed by atoms with Crippen molar-refractivity contribution in [3.63, 3.8) is 0 Å². The Hall–Kier alpha value is -0.570. The molecule has 3 nitrogen and oxygen atoms in total. The zero-order valence-corrected chi connectivity index (χ0v) is 12.9. The third-order valence-electron chi connectivity index (χ3n) is 5.99. The molecule has 0 aromatic heterocycles. The highest BCUT2D eigenvalue weighted by Gasteiger charge is 2.51. The summed E-state index contributed by atoms with van der Waals surface area (Å²) in [4.78, 5) is 12.4. The molecule has 114 valence electrons. The zero-order valence-electron chi connectivity index (χ0n) is 12.9. The summed E-state index contributed by atoms with van der Waals surface area (Å²) >= 11 is 0. The number of hydrogen-bond donors (Lipinski definition) is 2. The molecule has 0 aromatic rings. The Morgan fingerprint density at radius 3 is 2.20 bits per heavy atom. The predicted octanol–water partition coefficient (Wildman–Crippen LogP) is 2.84. The van der Waals surface area contributed by atoms with E-state index in [-0.39, 0.29) is 11.9 Å². The van der Waals surface area contributed by atoms with E-state index in [0.717, 1.165) is 37.0 Å². The third-order valence-corrected chi connectivity index (χ3v) is 5.99. The lowest BCUT2D eigenvalue weighted by atomic mass is 9.49. The molecule has 0 aromatic carbocycles. The number of carbonyl (C=O) groups is 1. The fourth-order valence-corrected chi connectivity index (χ4v) is 5.72. The Morgan fingerprint density at radius 2 is 1.75 bits per heavy atom. The summed E-state index contributed by atoms with van der Waals surface area (Å²) in [6.07, 6.45) is 11.1. The van der Waals surface area contributed by atoms with Crippen molar-refractivity contribution in [3.8, 4) is 0 Å². The van der Waals surface area contributed by atoms with Gasteiger partial charge >= 0.3 is 0 Å². The van der Waals surface area contributed by atoms with Crippen LogP contribution in [0, 0.1) is 23.2 Å². The van der Waals surface area contributed by atoms with Crippen LogP contribution in [-0.2, 0) is 4.79 Å². The normalized spacial score (nSPS) is 39.8. The Balaban J connectivity index is 1.58. The molecule has 20 heavy (non-hydrogen) atoms. The van der Waals surface area contributed by atoms with Crippen molar-refractivity contribution in [1.82, 2.24) is 5.32 Å². The van der Waals surface area contributed by atoms with Gasteiger partial charge in [-0.3, -0.25) is 4.79 Å². The van der Waals surface area contributed by atoms with Crippen molar-refractivity contribution in [2.75, 3.05) is 6.54 Å². The average Bonchev–Trinajstić information content (AvgIpc) is 2.35. The van der Waals surface area contributed by atoms with Gasteiger partial charge in [-0.15, -0.1) is 0 Å². The van der Waals surface area contributed by atoms with Crippen LogP contribution in [-0.4, -0.2) is 18.5 Å². The molecule has 3 N–H and O–H groups in total. The van der Waals surface area contributed by atoms with Crippen molar-refractivity contribution < 1.29 is 4.79 Å². The molecule has 4 fully saturated rings. The molecule has 4 aliphatic rings. The maximum absolute atomic E-state index is 12.4. The first-order valence-corrected chi connectivity index (χ1v) is 8.62. The van der Waals surface area contributed by atoms with E-state index in [4.69, 9.17) is 5.73 Å². The summed E-state index contributed by atoms with van der Waals surface area (Å²) in [6, 6.07) is 0.182. The van der Waals surface area contributed by atoms with Gasteiger partial charge in [0, 0.05) is 19.0 Å². The number of hydrogen-bond acceptors (Lipinski definition) is 2. The predicted molar refractivity (Wildman–Crippen MR) is 81.1 cm³/mol. The first-order chi connectivity index (χ1) is 9.62. The minimum Gasteiger partial charge on any atom is -0.352 e. The van der Waals surface area contributed by atoms with E-state index in [9.17, 15) is 4.79 Å². The maximum Gasteiger partial charge on any atom is 0.220 e. The minimum atomic E-state index is 0.182. The van der Waals surface area contributed by atoms with Gasteiger partial charge in [-0.1, -0.05) is 13.3 Å². The molecule has 0 heterocycles. The lowest BCUT2D eigenvalue weighted by molar-refractivity contribution is -0.130. The van der Waals surface area contributed by atoms with Gasteiger partial charge in [0.05, 0.1) is 0 Å². The van der Waals surface area contributed by atoms with E-state index < -0.39 is 0 Å². The van der Waals surface area contributed by atoms with Crippen LogP contribution in [0.3, 0.4) is 0 Å². The summed E-state index contributed by atoms with van der Waals surface area (Å²) in [6.45, 7) is 2.72. The van der Waals surface area contributed by atoms with Gasteiger partial charge in [0.25, 0.3) is 0 Å². The van der Waals surface area contributed by atoms with Crippen molar-refractivity contribution in [2.45, 2.75) is 70.8 Å². The van der Waals surface area contributed by atoms with Crippen molar-refractivity contribution in [3.05, 3.63) is 0 Å². The van der Waals surface area contributed by atoms with E-state index in [1.807, 2.05) is 0 Å². The average molecular weight is 278 g/mol. The molecule has 1 unspecified atom stereocenters. The zero-order chi connectivity index (χ0) is 14.2. The molecular weight excluding hydrogens is 248 g/mol. The fourth-order valence-electron chi connectivity index (χ4n) is 5.72. The van der Waals surface area contributed by atoms with Crippen molar-refractivity contribution >= 4 is 5.91 Å². The molecule has 0 radical (unpaired) electrons. The van der Waals surface area contributed by atoms with Crippen LogP contribution in [0.5, 0.6) is 0 Å². The van der Waals surface area contributed by atoms with E-state index in [0.29, 0.717) is 12.0 Å². The quantitative estimate of drug-likeness (QED) is 0.785. The molecule has 4 saturated carbocycles. The highest BCUT2D eigenvalue weighted by Crippen LogP contribution is 2.61. The molecule has 4 bridgehead atoms. The highest BCUT2D eigenvalue weighted by atomic mass is 16.1. The van der Waals surface area contributed by atoms with Gasteiger partial charge in [0.1, 0.15) is 0 Å². The van der Waals surface area contributed by atoms with Gasteiger partial charge in [-0.25, -0.2) is 0 Å². The van der Waals surface area contributed by atoms with Crippen LogP contribution < -0.4 is 11.1 Å². The molecule has 0 saturated heterocycles. The van der Waals surface area contributed by atoms with E-state index in [1.165, 1.54) is 38.5 Å². The van der Waals surface area contributed by atoms with Gasteiger partial charge in [-0.2, -0.15) is 0 Å². The van der Waals surface area contributed by atoms with Crippen LogP contribution in [0.15, 0.2) is 0 Å². The minimum absolute atomic E-state index is 0.182. The van der Waals surface area contributed by atoms with Gasteiger partial charge < -0.3 is 11.1 Å². The van der Waals surface area contributed by atoms with Gasteiger partial charge in [0.2, 0.25) is 5.91 Å². The molecule has 3 heteroatoms. The number of nitrogens with one attached hydrogen (secondary N) is 1. The molecule has 1 amide bonds. The van der Waals surface area contributed by atoms with E-state index >= 15 is 0 Å². The summed E-state index contributed by atoms with van der Waals surface area (Å²) in [5.41, 5.74) is 6.10. The first-order valence-electron chi connectivity index (χ1n) is 8.62. The number of rotatable bonds is 6. The molecule has 1 atom stereocenters. The second-order valence-corrected chi connectivity index (χ2v) is 7.88. The Kier molecular flexibility index (Phi) is 4.07. The Morgan fingerprint density at radius 1 is 1.20 bits per heavy atom. The molecule has 4 rings (SSSR count). The standard InChI is InChI=1S/C17H30N2O/c1-2-3-15(11-18)19-16(20)10-17-7-12-4-13(8-17)6-14(5-12)9-17/h12-15H,2-11,18H2,1H3,(H,19,20). The second kappa shape index (κ2) is 5.67. The SMILES string of the molecule is CCCC(CN)NC(=O)CC12CC3CC(CC(C3)C1)C2. The third kappa shape index (κ3) is 2.88. The summed E-state index contributed by atoms with van der Waals surface area (Å²) in [5.74, 6) is 3.04. The van der Waals surface area contributed by atoms with E-state index in [2.05, 4.69) is 12.2 Å². The Bertz CT molecular complexity index is 331. The van der Waals surface area contributed by atoms with Crippen molar-refractivity contribution in [1.29, 1.82) is 0 Å². The molecular formula is C17H30N2O. The topological polar surface area (TPSA) is 55.1 Å². The molecule has 0 spiro atoms. The summed E-state index contributed by atoms with van der Waals surface area (Å²) in [7, 11) is 0. The van der Waals surface area contributed by atoms with Crippen LogP contribution in [0.25, 0.3) is 0 Å². The monoisotopic (exact) mass is 278 g/mol. The molecule has 0 aliphatic heterocycles. The number of amides is 1. The van der Waals surface area contributed by atoms with Crippen LogP contribution in [0.4, 0.5) is 0 Å². The van der Waals surface area contributed by atoms with Crippen molar-refractivity contribution in [2.24, 2.45) is 28.9 Å². The van der Waals surface area contributed by atoms with Gasteiger partial charge in [-0.05, 0) is 68.1 Å². The van der Waals surface area contributed by atoms with E-state index in [1.54, 1.807) is 0 Å². The second-order valence-electron chi connectivity index (χ2n) is 7.88. The maximum atomic E-state index is 12.4. The lowest BCUT2D eigenvalue weighted by Gasteiger charge is -2.56. The summed E-state index contributed by atoms with van der Waals surface area (Å²) < 4.78 is 0. The molecule has 4 aliphatic carbocycles. The first kappa shape index (κ1) is 14.4. The largest absolute Gasteiger partial charge is 0.352 e. The van der Waals surface area contributed by atoms with Gasteiger partial charge in [0.15, 0.2) is 0 Å². The smallest absolute Gasteiger partial charge is 0.220 e. The van der Waals surface area contributed by atoms with Crippen LogP contribution in [0.2, 0.25) is 0 Å². The fraction of sp³-hybridized carbons (Fsp3) is 0.941. The Labute approximate surface area is 123 Å². The lowest BCUT2D eigenvalue weighted by Crippen LogP contribution is -2.49. The number of nitrogens with two attached hydrogens (primary N) is 1. The van der Waals surface area contributed by atoms with Crippen LogP contribution >= 0.6 is 0 Å². The van der Waals surface area contributed by atoms with Crippen LogP contribution in [0.1, 0.15) is 64.7 Å². The highest BCUT2D eigenvalue weighted by molar-refractivity contribution is 5.77. The summed E-state index contributed by atoms with van der Waals surface area (Å²) in [5, 5.41) is 3.18. The number of carbonyl (C=O) groups excluding carboxylic acids is 1.